The van der Waals surface area contributed by atoms with Crippen molar-refractivity contribution in [1.29, 1.82) is 0 Å². The number of hydrogen-bond donors (Lipinski definition) is 0. The van der Waals surface area contributed by atoms with Crippen LogP contribution >= 0.6 is 11.6 Å². The smallest absolute Gasteiger partial charge is 0.340 e. The van der Waals surface area contributed by atoms with Crippen LogP contribution in [0.3, 0.4) is 0 Å². The second-order valence-electron chi connectivity index (χ2n) is 5.21. The summed E-state index contributed by atoms with van der Waals surface area (Å²) in [6.45, 7) is 1.90. The van der Waals surface area contributed by atoms with Crippen molar-refractivity contribution in [3.8, 4) is 0 Å². The van der Waals surface area contributed by atoms with Crippen molar-refractivity contribution in [2.24, 2.45) is 0 Å². The molecule has 3 rings (SSSR count). The topological polar surface area (TPSA) is 48.3 Å². The third kappa shape index (κ3) is 2.62. The van der Waals surface area contributed by atoms with Gasteiger partial charge in [0.25, 0.3) is 5.91 Å². The quantitative estimate of drug-likeness (QED) is 0.666. The number of nitrogens with zero attached hydrogens (tertiary/aromatic N) is 1. The van der Waals surface area contributed by atoms with E-state index in [0.29, 0.717) is 27.1 Å². The Morgan fingerprint density at radius 3 is 2.52 bits per heavy atom. The first kappa shape index (κ1) is 15.3. The summed E-state index contributed by atoms with van der Waals surface area (Å²) in [5.41, 5.74) is 2.34. The minimum Gasteiger partial charge on any atom is -0.465 e. The molecule has 3 aromatic rings. The van der Waals surface area contributed by atoms with Crippen molar-refractivity contribution in [3.63, 3.8) is 0 Å². The molecule has 0 fully saturated rings. The van der Waals surface area contributed by atoms with Crippen LogP contribution in [0.1, 0.15) is 26.3 Å². The van der Waals surface area contributed by atoms with E-state index in [-0.39, 0.29) is 5.91 Å². The zero-order chi connectivity index (χ0) is 16.6. The number of rotatable bonds is 2. The largest absolute Gasteiger partial charge is 0.465 e. The predicted molar refractivity (Wildman–Crippen MR) is 89.2 cm³/mol. The molecule has 0 amide bonds. The number of esters is 1. The lowest BCUT2D eigenvalue weighted by Gasteiger charge is -2.06. The molecule has 4 nitrogen and oxygen atoms in total. The molecule has 0 unspecified atom stereocenters. The Balaban J connectivity index is 2.20. The minimum absolute atomic E-state index is 0.290. The number of para-hydroxylation sites is 1. The maximum absolute atomic E-state index is 12.8. The SMILES string of the molecule is COC(=O)c1cn(C(=O)c2ccc(C)cc2Cl)c2ccccc12. The third-order valence-electron chi connectivity index (χ3n) is 3.69. The second-order valence-corrected chi connectivity index (χ2v) is 5.62. The standard InChI is InChI=1S/C18H14ClNO3/c1-11-7-8-13(15(19)9-11)17(21)20-10-14(18(22)23-2)12-5-3-4-6-16(12)20/h3-10H,1-2H3. The van der Waals surface area contributed by atoms with Gasteiger partial charge in [0.2, 0.25) is 0 Å². The Morgan fingerprint density at radius 1 is 1.09 bits per heavy atom. The summed E-state index contributed by atoms with van der Waals surface area (Å²) < 4.78 is 6.22. The van der Waals surface area contributed by atoms with E-state index in [1.807, 2.05) is 25.1 Å². The normalized spacial score (nSPS) is 10.7. The number of ether oxygens (including phenoxy) is 1. The van der Waals surface area contributed by atoms with Crippen molar-refractivity contribution >= 4 is 34.4 Å². The van der Waals surface area contributed by atoms with Gasteiger partial charge >= 0.3 is 5.97 Å². The van der Waals surface area contributed by atoms with Gasteiger partial charge in [-0.3, -0.25) is 9.36 Å². The van der Waals surface area contributed by atoms with Crippen molar-refractivity contribution in [1.82, 2.24) is 4.57 Å². The molecule has 0 aliphatic carbocycles. The fraction of sp³-hybridized carbons (Fsp3) is 0.111. The summed E-state index contributed by atoms with van der Waals surface area (Å²) in [5.74, 6) is -0.774. The predicted octanol–water partition coefficient (Wildman–Crippen LogP) is 4.08. The number of carbonyl (C=O) groups is 2. The van der Waals surface area contributed by atoms with Gasteiger partial charge in [-0.15, -0.1) is 0 Å². The number of halogens is 1. The minimum atomic E-state index is -0.484. The van der Waals surface area contributed by atoms with Gasteiger partial charge in [0.15, 0.2) is 0 Å². The molecule has 0 saturated carbocycles. The van der Waals surface area contributed by atoms with Crippen molar-refractivity contribution in [3.05, 3.63) is 70.4 Å². The summed E-state index contributed by atoms with van der Waals surface area (Å²) in [7, 11) is 1.31. The van der Waals surface area contributed by atoms with Crippen molar-refractivity contribution in [2.45, 2.75) is 6.92 Å². The highest BCUT2D eigenvalue weighted by Crippen LogP contribution is 2.25. The van der Waals surface area contributed by atoms with Crippen molar-refractivity contribution < 1.29 is 14.3 Å². The first-order valence-electron chi connectivity index (χ1n) is 7.02. The Bertz CT molecular complexity index is 927. The number of fused-ring (bicyclic) bond motifs is 1. The highest BCUT2D eigenvalue weighted by Gasteiger charge is 2.20. The van der Waals surface area contributed by atoms with E-state index in [9.17, 15) is 9.59 Å². The van der Waals surface area contributed by atoms with Crippen LogP contribution in [0.2, 0.25) is 5.02 Å². The molecule has 1 aromatic heterocycles. The zero-order valence-corrected chi connectivity index (χ0v) is 13.4. The van der Waals surface area contributed by atoms with E-state index in [1.54, 1.807) is 24.3 Å². The highest BCUT2D eigenvalue weighted by molar-refractivity contribution is 6.34. The van der Waals surface area contributed by atoms with Gasteiger partial charge in [-0.25, -0.2) is 4.79 Å². The van der Waals surface area contributed by atoms with Crippen LogP contribution in [0.15, 0.2) is 48.7 Å². The van der Waals surface area contributed by atoms with Crippen LogP contribution in [-0.4, -0.2) is 23.6 Å². The Morgan fingerprint density at radius 2 is 1.83 bits per heavy atom. The third-order valence-corrected chi connectivity index (χ3v) is 4.00. The molecule has 5 heteroatoms. The van der Waals surface area contributed by atoms with E-state index in [1.165, 1.54) is 17.9 Å². The molecule has 0 atom stereocenters. The maximum Gasteiger partial charge on any atom is 0.340 e. The van der Waals surface area contributed by atoms with Gasteiger partial charge in [0.1, 0.15) is 0 Å². The number of aryl methyl sites for hydroxylation is 1. The lowest BCUT2D eigenvalue weighted by Crippen LogP contribution is -2.11. The van der Waals surface area contributed by atoms with Gasteiger partial charge in [-0.2, -0.15) is 0 Å². The monoisotopic (exact) mass is 327 g/mol. The van der Waals surface area contributed by atoms with Crippen LogP contribution in [0.25, 0.3) is 10.9 Å². The summed E-state index contributed by atoms with van der Waals surface area (Å²) in [6.07, 6.45) is 1.50. The molecule has 0 aliphatic heterocycles. The van der Waals surface area contributed by atoms with Gasteiger partial charge < -0.3 is 4.74 Å². The average Bonchev–Trinajstić information content (AvgIpc) is 2.93. The number of aromatic nitrogens is 1. The summed E-state index contributed by atoms with van der Waals surface area (Å²) in [4.78, 5) is 24.8. The van der Waals surface area contributed by atoms with Gasteiger partial charge in [-0.05, 0) is 30.7 Å². The Kier molecular flexibility index (Phi) is 3.92. The molecule has 0 aliphatic rings. The molecule has 0 saturated heterocycles. The highest BCUT2D eigenvalue weighted by atomic mass is 35.5. The first-order chi connectivity index (χ1) is 11.0. The fourth-order valence-electron chi connectivity index (χ4n) is 2.54. The maximum atomic E-state index is 12.8. The molecule has 116 valence electrons. The first-order valence-corrected chi connectivity index (χ1v) is 7.40. The molecule has 0 N–H and O–H groups in total. The van der Waals surface area contributed by atoms with Crippen LogP contribution in [-0.2, 0) is 4.74 Å². The van der Waals surface area contributed by atoms with E-state index < -0.39 is 5.97 Å². The molecule has 0 spiro atoms. The number of hydrogen-bond acceptors (Lipinski definition) is 3. The molecule has 1 heterocycles. The van der Waals surface area contributed by atoms with Crippen LogP contribution in [0, 0.1) is 6.92 Å². The van der Waals surface area contributed by atoms with Gasteiger partial charge in [0.05, 0.1) is 28.8 Å². The summed E-state index contributed by atoms with van der Waals surface area (Å²) in [6, 6.07) is 12.4. The summed E-state index contributed by atoms with van der Waals surface area (Å²) >= 11 is 6.20. The second kappa shape index (κ2) is 5.89. The Labute approximate surface area is 138 Å². The molecular formula is C18H14ClNO3. The molecule has 0 bridgehead atoms. The zero-order valence-electron chi connectivity index (χ0n) is 12.7. The molecular weight excluding hydrogens is 314 g/mol. The number of carbonyl (C=O) groups excluding carboxylic acids is 2. The fourth-order valence-corrected chi connectivity index (χ4v) is 2.86. The lowest BCUT2D eigenvalue weighted by molar-refractivity contribution is 0.0603. The van der Waals surface area contributed by atoms with Gasteiger partial charge in [0, 0.05) is 11.6 Å². The van der Waals surface area contributed by atoms with E-state index >= 15 is 0 Å². The van der Waals surface area contributed by atoms with Crippen LogP contribution < -0.4 is 0 Å². The van der Waals surface area contributed by atoms with E-state index in [2.05, 4.69) is 0 Å². The number of benzene rings is 2. The molecule has 23 heavy (non-hydrogen) atoms. The van der Waals surface area contributed by atoms with Crippen LogP contribution in [0.4, 0.5) is 0 Å². The van der Waals surface area contributed by atoms with Gasteiger partial charge in [-0.1, -0.05) is 35.9 Å². The Hall–Kier alpha value is -2.59. The molecule has 2 aromatic carbocycles. The average molecular weight is 328 g/mol. The summed E-state index contributed by atoms with van der Waals surface area (Å²) in [5, 5.41) is 1.04. The molecule has 0 radical (unpaired) electrons. The van der Waals surface area contributed by atoms with Crippen molar-refractivity contribution in [2.75, 3.05) is 7.11 Å². The van der Waals surface area contributed by atoms with E-state index in [0.717, 1.165) is 5.56 Å². The van der Waals surface area contributed by atoms with E-state index in [4.69, 9.17) is 16.3 Å². The van der Waals surface area contributed by atoms with Crippen LogP contribution in [0.5, 0.6) is 0 Å². The lowest BCUT2D eigenvalue weighted by atomic mass is 10.1. The number of methoxy groups -OCH3 is 1.